The van der Waals surface area contributed by atoms with Gasteiger partial charge in [-0.05, 0) is 60.0 Å². The molecule has 38 heavy (non-hydrogen) atoms. The molecule has 0 aliphatic carbocycles. The van der Waals surface area contributed by atoms with E-state index in [1.54, 1.807) is 6.20 Å². The third-order valence-corrected chi connectivity index (χ3v) is 6.55. The van der Waals surface area contributed by atoms with E-state index < -0.39 is 0 Å². The zero-order valence-electron chi connectivity index (χ0n) is 22.3. The molecule has 193 valence electrons. The number of rotatable bonds is 2. The monoisotopic (exact) mass is 675 g/mol. The number of aryl methyl sites for hydroxylation is 2. The van der Waals surface area contributed by atoms with Crippen molar-refractivity contribution in [2.75, 3.05) is 0 Å². The molecule has 3 aromatic heterocycles. The van der Waals surface area contributed by atoms with E-state index in [9.17, 15) is 0 Å². The van der Waals surface area contributed by atoms with Crippen LogP contribution in [0.1, 0.15) is 37.6 Å². The standard InChI is InChI=1S/C23H22NO.C11H8N.Ir/c1-14-9-11-20(24-15(14)2)18-8-6-7-17-19-13-16(23(3,4)5)10-12-21(19)25-22(17)18;1-2-6-10(7-3-1)11-8-4-5-9-12-11;/h6-7,9-13H,1-5H3;1-6,8-9H;/q2*-1;. The average Bonchev–Trinajstić information content (AvgIpc) is 3.29. The Bertz CT molecular complexity index is 1630. The molecule has 6 rings (SSSR count). The molecule has 0 unspecified atom stereocenters. The van der Waals surface area contributed by atoms with Crippen molar-refractivity contribution in [1.82, 2.24) is 9.97 Å². The number of aromatic nitrogens is 2. The van der Waals surface area contributed by atoms with Gasteiger partial charge < -0.3 is 14.4 Å². The van der Waals surface area contributed by atoms with Crippen LogP contribution in [0.25, 0.3) is 44.5 Å². The Morgan fingerprint density at radius 3 is 2.26 bits per heavy atom. The van der Waals surface area contributed by atoms with E-state index in [4.69, 9.17) is 9.40 Å². The predicted octanol–water partition coefficient (Wildman–Crippen LogP) is 8.91. The first-order valence-electron chi connectivity index (χ1n) is 12.5. The van der Waals surface area contributed by atoms with Crippen LogP contribution in [0, 0.1) is 26.0 Å². The molecule has 4 heteroatoms. The summed E-state index contributed by atoms with van der Waals surface area (Å²) in [5, 5.41) is 2.27. The van der Waals surface area contributed by atoms with Gasteiger partial charge in [-0.1, -0.05) is 62.1 Å². The Hall–Kier alpha value is -3.59. The van der Waals surface area contributed by atoms with Crippen molar-refractivity contribution >= 4 is 21.9 Å². The number of benzene rings is 3. The zero-order chi connectivity index (χ0) is 26.0. The summed E-state index contributed by atoms with van der Waals surface area (Å²) in [5.41, 5.74) is 9.25. The topological polar surface area (TPSA) is 38.9 Å². The van der Waals surface area contributed by atoms with Gasteiger partial charge in [0.05, 0.1) is 5.58 Å². The Balaban J connectivity index is 0.000000218. The molecule has 3 heterocycles. The van der Waals surface area contributed by atoms with Gasteiger partial charge in [0.1, 0.15) is 5.58 Å². The molecule has 0 bridgehead atoms. The van der Waals surface area contributed by atoms with Crippen LogP contribution in [-0.2, 0) is 25.5 Å². The van der Waals surface area contributed by atoms with Crippen LogP contribution < -0.4 is 0 Å². The molecule has 0 N–H and O–H groups in total. The fraction of sp³-hybridized carbons (Fsp3) is 0.176. The predicted molar refractivity (Wildman–Crippen MR) is 152 cm³/mol. The maximum absolute atomic E-state index is 6.20. The van der Waals surface area contributed by atoms with E-state index in [-0.39, 0.29) is 25.5 Å². The van der Waals surface area contributed by atoms with Crippen LogP contribution in [0.5, 0.6) is 0 Å². The third kappa shape index (κ3) is 5.77. The van der Waals surface area contributed by atoms with Crippen LogP contribution in [0.3, 0.4) is 0 Å². The van der Waals surface area contributed by atoms with Crippen molar-refractivity contribution in [1.29, 1.82) is 0 Å². The number of furan rings is 1. The Kier molecular flexibility index (Phi) is 8.25. The van der Waals surface area contributed by atoms with Crippen LogP contribution in [0.15, 0.2) is 95.5 Å². The second-order valence-electron chi connectivity index (χ2n) is 10.2. The number of fused-ring (bicyclic) bond motifs is 3. The molecule has 0 saturated heterocycles. The number of hydrogen-bond acceptors (Lipinski definition) is 3. The molecular weight excluding hydrogens is 645 g/mol. The second-order valence-corrected chi connectivity index (χ2v) is 10.2. The molecule has 0 saturated carbocycles. The summed E-state index contributed by atoms with van der Waals surface area (Å²) < 4.78 is 6.20. The number of pyridine rings is 2. The number of nitrogens with zero attached hydrogens (tertiary/aromatic N) is 2. The summed E-state index contributed by atoms with van der Waals surface area (Å²) in [6.07, 6.45) is 1.79. The maximum atomic E-state index is 6.20. The van der Waals surface area contributed by atoms with Crippen molar-refractivity contribution in [3.8, 4) is 22.5 Å². The van der Waals surface area contributed by atoms with Crippen LogP contribution in [0.2, 0.25) is 0 Å². The van der Waals surface area contributed by atoms with E-state index in [1.165, 1.54) is 11.1 Å². The fourth-order valence-corrected chi connectivity index (χ4v) is 4.24. The quantitative estimate of drug-likeness (QED) is 0.172. The Labute approximate surface area is 238 Å². The zero-order valence-corrected chi connectivity index (χ0v) is 24.7. The van der Waals surface area contributed by atoms with Crippen molar-refractivity contribution < 1.29 is 24.5 Å². The summed E-state index contributed by atoms with van der Waals surface area (Å²) in [6.45, 7) is 10.8. The number of hydrogen-bond donors (Lipinski definition) is 0. The van der Waals surface area contributed by atoms with Gasteiger partial charge in [0.25, 0.3) is 0 Å². The molecule has 0 spiro atoms. The van der Waals surface area contributed by atoms with Crippen molar-refractivity contribution in [2.24, 2.45) is 0 Å². The molecule has 6 aromatic rings. The van der Waals surface area contributed by atoms with Crippen molar-refractivity contribution in [3.05, 3.63) is 120 Å². The fourth-order valence-electron chi connectivity index (χ4n) is 4.24. The molecule has 0 amide bonds. The van der Waals surface area contributed by atoms with E-state index in [2.05, 4.69) is 75.1 Å². The van der Waals surface area contributed by atoms with Gasteiger partial charge in [0.2, 0.25) is 0 Å². The smallest absolute Gasteiger partial charge is 0.120 e. The molecule has 0 aliphatic heterocycles. The molecule has 1 radical (unpaired) electrons. The first kappa shape index (κ1) is 27.4. The molecule has 3 aromatic carbocycles. The third-order valence-electron chi connectivity index (χ3n) is 6.55. The minimum absolute atomic E-state index is 0. The summed E-state index contributed by atoms with van der Waals surface area (Å²) in [6, 6.07) is 34.8. The van der Waals surface area contributed by atoms with Crippen molar-refractivity contribution in [2.45, 2.75) is 40.0 Å². The molecule has 0 aliphatic rings. The molecule has 0 atom stereocenters. The summed E-state index contributed by atoms with van der Waals surface area (Å²) >= 11 is 0. The molecular formula is C34H30IrN2O-2. The maximum Gasteiger partial charge on any atom is 0.120 e. The largest absolute Gasteiger partial charge is 0.501 e. The summed E-state index contributed by atoms with van der Waals surface area (Å²) in [7, 11) is 0. The van der Waals surface area contributed by atoms with Crippen LogP contribution >= 0.6 is 0 Å². The minimum atomic E-state index is 0. The first-order valence-corrected chi connectivity index (χ1v) is 12.5. The second kappa shape index (κ2) is 11.4. The van der Waals surface area contributed by atoms with Gasteiger partial charge in [-0.3, -0.25) is 0 Å². The Morgan fingerprint density at radius 1 is 0.763 bits per heavy atom. The van der Waals surface area contributed by atoms with Gasteiger partial charge in [-0.2, -0.15) is 0 Å². The van der Waals surface area contributed by atoms with E-state index >= 15 is 0 Å². The molecule has 0 fully saturated rings. The van der Waals surface area contributed by atoms with E-state index in [0.29, 0.717) is 0 Å². The average molecular weight is 675 g/mol. The molecule has 3 nitrogen and oxygen atoms in total. The van der Waals surface area contributed by atoms with Crippen molar-refractivity contribution in [3.63, 3.8) is 0 Å². The van der Waals surface area contributed by atoms with Gasteiger partial charge in [0, 0.05) is 37.4 Å². The SMILES string of the molecule is Cc1ccc(-c2[c-]ccc3c2oc2ccc(C(C)(C)C)cc23)nc1C.[Ir].[c-]1ccccc1-c1ccccn1. The van der Waals surface area contributed by atoms with Gasteiger partial charge in [0.15, 0.2) is 0 Å². The van der Waals surface area contributed by atoms with Gasteiger partial charge >= 0.3 is 0 Å². The van der Waals surface area contributed by atoms with E-state index in [1.807, 2.05) is 61.5 Å². The van der Waals surface area contributed by atoms with Crippen LogP contribution in [-0.4, -0.2) is 9.97 Å². The minimum Gasteiger partial charge on any atom is -0.501 e. The van der Waals surface area contributed by atoms with E-state index in [0.717, 1.165) is 50.1 Å². The normalized spacial score (nSPS) is 11.1. The van der Waals surface area contributed by atoms with Gasteiger partial charge in [-0.25, -0.2) is 0 Å². The van der Waals surface area contributed by atoms with Gasteiger partial charge in [-0.15, -0.1) is 54.1 Å². The van der Waals surface area contributed by atoms with Crippen LogP contribution in [0.4, 0.5) is 0 Å². The summed E-state index contributed by atoms with van der Waals surface area (Å²) in [4.78, 5) is 8.95. The summed E-state index contributed by atoms with van der Waals surface area (Å²) in [5.74, 6) is 0. The Morgan fingerprint density at radius 2 is 1.58 bits per heavy atom. The first-order chi connectivity index (χ1) is 17.8.